The minimum atomic E-state index is -0.0491. The van der Waals surface area contributed by atoms with E-state index in [4.69, 9.17) is 9.51 Å². The van der Waals surface area contributed by atoms with Gasteiger partial charge in [0.25, 0.3) is 5.91 Å². The van der Waals surface area contributed by atoms with Gasteiger partial charge in [0.15, 0.2) is 11.3 Å². The van der Waals surface area contributed by atoms with Crippen molar-refractivity contribution in [3.8, 4) is 0 Å². The van der Waals surface area contributed by atoms with E-state index in [9.17, 15) is 9.59 Å². The van der Waals surface area contributed by atoms with Gasteiger partial charge in [0.2, 0.25) is 0 Å². The standard InChI is InChI=1S/C23H29N5O3/c1-23(2,3)13-28-19-8-7-17(24-20(19)26(4)22(28)30)16-11-15-6-5-14(16)12-27(15)21(29)18-9-10-31-25-18/h7-10,14-16H,5-6,11-13H2,1-4H3. The summed E-state index contributed by atoms with van der Waals surface area (Å²) in [5.41, 5.74) is 3.00. The second-order valence-electron chi connectivity index (χ2n) is 10.2. The summed E-state index contributed by atoms with van der Waals surface area (Å²) in [6, 6.07) is 5.94. The highest BCUT2D eigenvalue weighted by Gasteiger charge is 2.44. The Kier molecular flexibility index (Phi) is 4.57. The van der Waals surface area contributed by atoms with Gasteiger partial charge in [-0.15, -0.1) is 0 Å². The number of piperidine rings is 2. The molecule has 0 N–H and O–H groups in total. The van der Waals surface area contributed by atoms with Crippen LogP contribution >= 0.6 is 0 Å². The van der Waals surface area contributed by atoms with Gasteiger partial charge in [0.1, 0.15) is 6.26 Å². The Morgan fingerprint density at radius 1 is 1.23 bits per heavy atom. The predicted octanol–water partition coefficient (Wildman–Crippen LogP) is 3.18. The third-order valence-corrected chi connectivity index (χ3v) is 6.77. The molecule has 3 aliphatic rings. The SMILES string of the molecule is Cn1c(=O)n(CC(C)(C)C)c2ccc(C3CC4CCC3CN4C(=O)c3ccon3)nc21. The van der Waals surface area contributed by atoms with Crippen molar-refractivity contribution in [2.75, 3.05) is 6.54 Å². The van der Waals surface area contributed by atoms with Gasteiger partial charge in [-0.3, -0.25) is 13.9 Å². The molecule has 0 aromatic carbocycles. The Bertz CT molecular complexity index is 1180. The molecule has 2 aliphatic heterocycles. The number of aryl methyl sites for hydroxylation is 1. The van der Waals surface area contributed by atoms with Crippen molar-refractivity contribution >= 4 is 17.1 Å². The van der Waals surface area contributed by atoms with Crippen molar-refractivity contribution in [1.29, 1.82) is 0 Å². The summed E-state index contributed by atoms with van der Waals surface area (Å²) >= 11 is 0. The van der Waals surface area contributed by atoms with E-state index >= 15 is 0 Å². The molecule has 3 unspecified atom stereocenters. The maximum atomic E-state index is 12.8. The van der Waals surface area contributed by atoms with Crippen molar-refractivity contribution in [2.24, 2.45) is 18.4 Å². The first-order valence-electron chi connectivity index (χ1n) is 11.0. The smallest absolute Gasteiger partial charge is 0.330 e. The minimum absolute atomic E-state index is 0.000851. The second-order valence-corrected chi connectivity index (χ2v) is 10.2. The van der Waals surface area contributed by atoms with Crippen molar-refractivity contribution in [2.45, 2.75) is 58.5 Å². The van der Waals surface area contributed by atoms with Crippen molar-refractivity contribution < 1.29 is 9.32 Å². The Morgan fingerprint density at radius 2 is 2.03 bits per heavy atom. The van der Waals surface area contributed by atoms with E-state index in [0.717, 1.165) is 36.1 Å². The summed E-state index contributed by atoms with van der Waals surface area (Å²) in [5.74, 6) is 0.608. The third kappa shape index (κ3) is 3.38. The van der Waals surface area contributed by atoms with Gasteiger partial charge in [0, 0.05) is 43.9 Å². The molecule has 5 heterocycles. The van der Waals surface area contributed by atoms with Gasteiger partial charge in [0.05, 0.1) is 5.52 Å². The average molecular weight is 424 g/mol. The van der Waals surface area contributed by atoms with Gasteiger partial charge in [-0.05, 0) is 42.7 Å². The number of hydrogen-bond acceptors (Lipinski definition) is 5. The zero-order valence-electron chi connectivity index (χ0n) is 18.5. The summed E-state index contributed by atoms with van der Waals surface area (Å²) in [4.78, 5) is 32.6. The molecule has 1 amide bonds. The molecular weight excluding hydrogens is 394 g/mol. The van der Waals surface area contributed by atoms with E-state index < -0.39 is 0 Å². The van der Waals surface area contributed by atoms with Crippen LogP contribution in [0.2, 0.25) is 0 Å². The third-order valence-electron chi connectivity index (χ3n) is 6.77. The van der Waals surface area contributed by atoms with Gasteiger partial charge in [-0.2, -0.15) is 0 Å². The normalized spacial score (nSPS) is 23.6. The summed E-state index contributed by atoms with van der Waals surface area (Å²) in [6.45, 7) is 7.75. The molecule has 0 spiro atoms. The lowest BCUT2D eigenvalue weighted by Crippen LogP contribution is -2.53. The summed E-state index contributed by atoms with van der Waals surface area (Å²) in [6.07, 6.45) is 4.42. The van der Waals surface area contributed by atoms with Crippen LogP contribution in [0.4, 0.5) is 0 Å². The van der Waals surface area contributed by atoms with Crippen LogP contribution in [0.25, 0.3) is 11.2 Å². The van der Waals surface area contributed by atoms with E-state index in [1.54, 1.807) is 17.7 Å². The Labute approximate surface area is 180 Å². The number of imidazole rings is 1. The lowest BCUT2D eigenvalue weighted by Gasteiger charge is -2.49. The molecule has 1 aliphatic carbocycles. The molecule has 8 heteroatoms. The van der Waals surface area contributed by atoms with E-state index in [1.807, 2.05) is 15.5 Å². The first kappa shape index (κ1) is 20.0. The minimum Gasteiger partial charge on any atom is -0.364 e. The molecule has 3 aromatic rings. The van der Waals surface area contributed by atoms with Crippen molar-refractivity contribution in [1.82, 2.24) is 24.2 Å². The lowest BCUT2D eigenvalue weighted by atomic mass is 9.70. The summed E-state index contributed by atoms with van der Waals surface area (Å²) in [5, 5.41) is 3.82. The average Bonchev–Trinajstić information content (AvgIpc) is 3.36. The Hall–Kier alpha value is -2.90. The van der Waals surface area contributed by atoms with Crippen LogP contribution in [0, 0.1) is 11.3 Å². The molecule has 1 saturated carbocycles. The molecule has 0 radical (unpaired) electrons. The summed E-state index contributed by atoms with van der Waals surface area (Å²) < 4.78 is 8.34. The van der Waals surface area contributed by atoms with Crippen LogP contribution in [0.1, 0.15) is 62.1 Å². The second kappa shape index (κ2) is 7.07. The van der Waals surface area contributed by atoms with Crippen LogP contribution in [-0.4, -0.2) is 42.7 Å². The number of aromatic nitrogens is 4. The van der Waals surface area contributed by atoms with Crippen LogP contribution in [-0.2, 0) is 13.6 Å². The topological polar surface area (TPSA) is 86.2 Å². The fourth-order valence-corrected chi connectivity index (χ4v) is 5.32. The van der Waals surface area contributed by atoms with Crippen LogP contribution in [0.15, 0.2) is 33.8 Å². The molecular formula is C23H29N5O3. The Balaban J connectivity index is 1.44. The highest BCUT2D eigenvalue weighted by Crippen LogP contribution is 2.44. The fraction of sp³-hybridized carbons (Fsp3) is 0.565. The maximum absolute atomic E-state index is 12.8. The van der Waals surface area contributed by atoms with Crippen LogP contribution in [0.3, 0.4) is 0 Å². The molecule has 2 bridgehead atoms. The van der Waals surface area contributed by atoms with Gasteiger partial charge < -0.3 is 9.42 Å². The number of pyridine rings is 1. The van der Waals surface area contributed by atoms with Gasteiger partial charge in [-0.1, -0.05) is 25.9 Å². The molecule has 164 valence electrons. The van der Waals surface area contributed by atoms with E-state index in [1.165, 1.54) is 6.26 Å². The number of nitrogens with zero attached hydrogens (tertiary/aromatic N) is 5. The number of amides is 1. The zero-order chi connectivity index (χ0) is 21.9. The van der Waals surface area contributed by atoms with E-state index in [-0.39, 0.29) is 23.1 Å². The number of carbonyl (C=O) groups excluding carboxylic acids is 1. The van der Waals surface area contributed by atoms with Crippen molar-refractivity contribution in [3.05, 3.63) is 46.3 Å². The highest BCUT2D eigenvalue weighted by atomic mass is 16.5. The van der Waals surface area contributed by atoms with E-state index in [0.29, 0.717) is 30.6 Å². The highest BCUT2D eigenvalue weighted by molar-refractivity contribution is 5.92. The van der Waals surface area contributed by atoms with Gasteiger partial charge >= 0.3 is 5.69 Å². The van der Waals surface area contributed by atoms with Crippen LogP contribution < -0.4 is 5.69 Å². The first-order chi connectivity index (χ1) is 14.7. The first-order valence-corrected chi connectivity index (χ1v) is 11.0. The molecule has 31 heavy (non-hydrogen) atoms. The number of hydrogen-bond donors (Lipinski definition) is 0. The van der Waals surface area contributed by atoms with Crippen LogP contribution in [0.5, 0.6) is 0 Å². The molecule has 3 atom stereocenters. The number of carbonyl (C=O) groups is 1. The fourth-order valence-electron chi connectivity index (χ4n) is 5.32. The molecule has 8 nitrogen and oxygen atoms in total. The van der Waals surface area contributed by atoms with Crippen molar-refractivity contribution in [3.63, 3.8) is 0 Å². The number of rotatable bonds is 3. The monoisotopic (exact) mass is 423 g/mol. The van der Waals surface area contributed by atoms with E-state index in [2.05, 4.69) is 32.0 Å². The maximum Gasteiger partial charge on any atom is 0.330 e. The molecule has 3 fully saturated rings. The lowest BCUT2D eigenvalue weighted by molar-refractivity contribution is 0.0235. The zero-order valence-corrected chi connectivity index (χ0v) is 18.5. The quantitative estimate of drug-likeness (QED) is 0.646. The molecule has 2 saturated heterocycles. The van der Waals surface area contributed by atoms with Gasteiger partial charge in [-0.25, -0.2) is 9.78 Å². The predicted molar refractivity (Wildman–Crippen MR) is 116 cm³/mol. The largest absolute Gasteiger partial charge is 0.364 e. The Morgan fingerprint density at radius 3 is 2.68 bits per heavy atom. The molecule has 6 rings (SSSR count). The number of fused-ring (bicyclic) bond motifs is 4. The molecule has 3 aromatic heterocycles. The summed E-state index contributed by atoms with van der Waals surface area (Å²) in [7, 11) is 1.80.